The molecule has 0 bridgehead atoms. The van der Waals surface area contributed by atoms with Crippen LogP contribution in [0, 0.1) is 13.8 Å². The maximum absolute atomic E-state index is 12.5. The number of carbonyl (C=O) groups excluding carboxylic acids is 1. The molecule has 4 nitrogen and oxygen atoms in total. The number of rotatable bonds is 6. The van der Waals surface area contributed by atoms with Crippen molar-refractivity contribution in [3.8, 4) is 0 Å². The van der Waals surface area contributed by atoms with E-state index in [1.165, 1.54) is 16.2 Å². The van der Waals surface area contributed by atoms with Crippen LogP contribution in [0.3, 0.4) is 0 Å². The van der Waals surface area contributed by atoms with E-state index >= 15 is 0 Å². The maximum atomic E-state index is 12.5. The molecule has 1 amide bonds. The van der Waals surface area contributed by atoms with Gasteiger partial charge in [0.05, 0.1) is 4.88 Å². The predicted octanol–water partition coefficient (Wildman–Crippen LogP) is 3.13. The fourth-order valence-electron chi connectivity index (χ4n) is 2.16. The first-order valence-corrected chi connectivity index (χ1v) is 7.91. The molecule has 2 aromatic rings. The standard InChI is InChI=1S/C17H19NO3S/c1-12-10-15(22-13(12)2)17(21)18(11-16(19)20)9-8-14-6-4-3-5-7-14/h3-7,10H,8-9,11H2,1-2H3,(H,19,20). The van der Waals surface area contributed by atoms with Gasteiger partial charge in [0.15, 0.2) is 0 Å². The number of carboxylic acids is 1. The second-order valence-electron chi connectivity index (χ2n) is 5.21. The summed E-state index contributed by atoms with van der Waals surface area (Å²) in [5, 5.41) is 9.05. The van der Waals surface area contributed by atoms with Crippen LogP contribution in [-0.4, -0.2) is 35.0 Å². The third-order valence-corrected chi connectivity index (χ3v) is 4.64. The minimum atomic E-state index is -0.994. The summed E-state index contributed by atoms with van der Waals surface area (Å²) in [5.74, 6) is -1.20. The Morgan fingerprint density at radius 3 is 2.41 bits per heavy atom. The summed E-state index contributed by atoms with van der Waals surface area (Å²) in [6.07, 6.45) is 0.642. The van der Waals surface area contributed by atoms with Crippen LogP contribution in [0.5, 0.6) is 0 Å². The Kier molecular flexibility index (Phi) is 5.33. The Balaban J connectivity index is 2.11. The van der Waals surface area contributed by atoms with Gasteiger partial charge in [-0.1, -0.05) is 30.3 Å². The molecule has 0 aliphatic rings. The fraction of sp³-hybridized carbons (Fsp3) is 0.294. The minimum absolute atomic E-state index is 0.209. The minimum Gasteiger partial charge on any atom is -0.480 e. The van der Waals surface area contributed by atoms with Crippen molar-refractivity contribution in [3.05, 3.63) is 57.3 Å². The number of hydrogen-bond donors (Lipinski definition) is 1. The van der Waals surface area contributed by atoms with Gasteiger partial charge in [-0.25, -0.2) is 0 Å². The highest BCUT2D eigenvalue weighted by Gasteiger charge is 2.20. The van der Waals surface area contributed by atoms with Gasteiger partial charge in [0, 0.05) is 11.4 Å². The summed E-state index contributed by atoms with van der Waals surface area (Å²) < 4.78 is 0. The zero-order valence-electron chi connectivity index (χ0n) is 12.7. The van der Waals surface area contributed by atoms with Gasteiger partial charge in [0.1, 0.15) is 6.54 Å². The van der Waals surface area contributed by atoms with E-state index in [0.717, 1.165) is 16.0 Å². The summed E-state index contributed by atoms with van der Waals surface area (Å²) in [5.41, 5.74) is 2.15. The molecule has 0 fully saturated rings. The smallest absolute Gasteiger partial charge is 0.323 e. The molecule has 2 rings (SSSR count). The Hall–Kier alpha value is -2.14. The lowest BCUT2D eigenvalue weighted by Crippen LogP contribution is -2.36. The molecular formula is C17H19NO3S. The Bertz CT molecular complexity index is 644. The number of thiophene rings is 1. The first kappa shape index (κ1) is 16.2. The molecule has 1 N–H and O–H groups in total. The normalized spacial score (nSPS) is 10.5. The van der Waals surface area contributed by atoms with Crippen molar-refractivity contribution >= 4 is 23.2 Å². The molecule has 0 spiro atoms. The van der Waals surface area contributed by atoms with Crippen molar-refractivity contribution < 1.29 is 14.7 Å². The molecular weight excluding hydrogens is 298 g/mol. The Morgan fingerprint density at radius 1 is 1.18 bits per heavy atom. The van der Waals surface area contributed by atoms with Gasteiger partial charge in [0.25, 0.3) is 5.91 Å². The van der Waals surface area contributed by atoms with E-state index in [0.29, 0.717) is 17.8 Å². The topological polar surface area (TPSA) is 57.6 Å². The molecule has 1 aromatic carbocycles. The zero-order chi connectivity index (χ0) is 16.1. The van der Waals surface area contributed by atoms with Crippen LogP contribution in [0.25, 0.3) is 0 Å². The number of nitrogens with zero attached hydrogens (tertiary/aromatic N) is 1. The molecule has 0 atom stereocenters. The SMILES string of the molecule is Cc1cc(C(=O)N(CCc2ccccc2)CC(=O)O)sc1C. The van der Waals surface area contributed by atoms with Crippen LogP contribution in [0.1, 0.15) is 25.7 Å². The quantitative estimate of drug-likeness (QED) is 0.890. The molecule has 0 aliphatic carbocycles. The van der Waals surface area contributed by atoms with Gasteiger partial charge in [-0.2, -0.15) is 0 Å². The molecule has 0 aliphatic heterocycles. The number of aliphatic carboxylic acids is 1. The van der Waals surface area contributed by atoms with Gasteiger partial charge >= 0.3 is 5.97 Å². The molecule has 1 heterocycles. The van der Waals surface area contributed by atoms with Crippen molar-refractivity contribution in [1.82, 2.24) is 4.90 Å². The highest BCUT2D eigenvalue weighted by Crippen LogP contribution is 2.22. The van der Waals surface area contributed by atoms with Crippen molar-refractivity contribution in [1.29, 1.82) is 0 Å². The van der Waals surface area contributed by atoms with Crippen LogP contribution in [0.4, 0.5) is 0 Å². The lowest BCUT2D eigenvalue weighted by molar-refractivity contribution is -0.137. The average Bonchev–Trinajstić information content (AvgIpc) is 2.83. The van der Waals surface area contributed by atoms with Crippen LogP contribution in [0.2, 0.25) is 0 Å². The Morgan fingerprint density at radius 2 is 1.86 bits per heavy atom. The summed E-state index contributed by atoms with van der Waals surface area (Å²) in [6.45, 7) is 4.03. The van der Waals surface area contributed by atoms with E-state index in [1.807, 2.05) is 50.2 Å². The lowest BCUT2D eigenvalue weighted by Gasteiger charge is -2.20. The summed E-state index contributed by atoms with van der Waals surface area (Å²) >= 11 is 1.42. The van der Waals surface area contributed by atoms with Crippen molar-refractivity contribution in [3.63, 3.8) is 0 Å². The van der Waals surface area contributed by atoms with Crippen molar-refractivity contribution in [2.24, 2.45) is 0 Å². The largest absolute Gasteiger partial charge is 0.480 e. The van der Waals surface area contributed by atoms with Gasteiger partial charge in [0.2, 0.25) is 0 Å². The van der Waals surface area contributed by atoms with Gasteiger partial charge in [-0.15, -0.1) is 11.3 Å². The summed E-state index contributed by atoms with van der Waals surface area (Å²) in [4.78, 5) is 26.7. The summed E-state index contributed by atoms with van der Waals surface area (Å²) in [7, 11) is 0. The van der Waals surface area contributed by atoms with E-state index in [4.69, 9.17) is 5.11 Å². The van der Waals surface area contributed by atoms with Gasteiger partial charge in [-0.05, 0) is 37.5 Å². The first-order chi connectivity index (χ1) is 10.5. The maximum Gasteiger partial charge on any atom is 0.323 e. The van der Waals surface area contributed by atoms with E-state index in [1.54, 1.807) is 0 Å². The molecule has 116 valence electrons. The van der Waals surface area contributed by atoms with E-state index < -0.39 is 5.97 Å². The molecule has 1 aromatic heterocycles. The highest BCUT2D eigenvalue weighted by atomic mass is 32.1. The molecule has 22 heavy (non-hydrogen) atoms. The second kappa shape index (κ2) is 7.22. The third kappa shape index (κ3) is 4.18. The van der Waals surface area contributed by atoms with Crippen molar-refractivity contribution in [2.45, 2.75) is 20.3 Å². The zero-order valence-corrected chi connectivity index (χ0v) is 13.5. The molecule has 5 heteroatoms. The number of amides is 1. The Labute approximate surface area is 134 Å². The first-order valence-electron chi connectivity index (χ1n) is 7.09. The van der Waals surface area contributed by atoms with Crippen LogP contribution in [-0.2, 0) is 11.2 Å². The second-order valence-corrected chi connectivity index (χ2v) is 6.46. The molecule has 0 radical (unpaired) electrons. The number of aryl methyl sites for hydroxylation is 2. The molecule has 0 unspecified atom stereocenters. The molecule has 0 saturated heterocycles. The third-order valence-electron chi connectivity index (χ3n) is 3.50. The van der Waals surface area contributed by atoms with Crippen LogP contribution < -0.4 is 0 Å². The van der Waals surface area contributed by atoms with E-state index in [2.05, 4.69) is 0 Å². The van der Waals surface area contributed by atoms with Crippen LogP contribution >= 0.6 is 11.3 Å². The molecule has 0 saturated carbocycles. The van der Waals surface area contributed by atoms with Gasteiger partial charge in [-0.3, -0.25) is 9.59 Å². The van der Waals surface area contributed by atoms with Crippen molar-refractivity contribution in [2.75, 3.05) is 13.1 Å². The highest BCUT2D eigenvalue weighted by molar-refractivity contribution is 7.14. The predicted molar refractivity (Wildman–Crippen MR) is 87.5 cm³/mol. The number of carboxylic acid groups (broad SMARTS) is 1. The summed E-state index contributed by atoms with van der Waals surface area (Å²) in [6, 6.07) is 11.6. The van der Waals surface area contributed by atoms with Crippen LogP contribution in [0.15, 0.2) is 36.4 Å². The lowest BCUT2D eigenvalue weighted by atomic mass is 10.1. The van der Waals surface area contributed by atoms with E-state index in [-0.39, 0.29) is 12.5 Å². The fourth-order valence-corrected chi connectivity index (χ4v) is 3.16. The number of hydrogen-bond acceptors (Lipinski definition) is 3. The number of benzene rings is 1. The van der Waals surface area contributed by atoms with E-state index in [9.17, 15) is 9.59 Å². The number of carbonyl (C=O) groups is 2. The monoisotopic (exact) mass is 317 g/mol. The average molecular weight is 317 g/mol. The van der Waals surface area contributed by atoms with Gasteiger partial charge < -0.3 is 10.0 Å².